The predicted octanol–water partition coefficient (Wildman–Crippen LogP) is 0.561. The van der Waals surface area contributed by atoms with Crippen LogP contribution in [-0.4, -0.2) is 5.11 Å². The van der Waals surface area contributed by atoms with Crippen LogP contribution in [0.4, 0.5) is 5.69 Å². The first-order chi connectivity index (χ1) is 4.33. The topological polar surface area (TPSA) is 46.2 Å². The summed E-state index contributed by atoms with van der Waals surface area (Å²) in [5.41, 5.74) is 6.83. The van der Waals surface area contributed by atoms with Gasteiger partial charge in [-0.2, -0.15) is 0 Å². The van der Waals surface area contributed by atoms with Crippen LogP contribution in [0.15, 0.2) is 18.2 Å². The number of aliphatic hydroxyl groups excluding tert-OH is 1. The van der Waals surface area contributed by atoms with Gasteiger partial charge in [0.25, 0.3) is 0 Å². The maximum atomic E-state index is 8.59. The van der Waals surface area contributed by atoms with Crippen molar-refractivity contribution in [3.8, 4) is 0 Å². The molecule has 0 atom stereocenters. The molecule has 2 nitrogen and oxygen atoms in total. The van der Waals surface area contributed by atoms with E-state index in [0.717, 1.165) is 5.56 Å². The van der Waals surface area contributed by atoms with Gasteiger partial charge in [-0.3, -0.25) is 0 Å². The second-order valence-electron chi connectivity index (χ2n) is 1.83. The highest BCUT2D eigenvalue weighted by atomic mass is 16.3. The normalized spacial score (nSPS) is 9.44. The summed E-state index contributed by atoms with van der Waals surface area (Å²) in [4.78, 5) is 0. The molecule has 0 bridgehead atoms. The van der Waals surface area contributed by atoms with Gasteiger partial charge in [0.2, 0.25) is 0 Å². The highest BCUT2D eigenvalue weighted by molar-refractivity contribution is 5.39. The van der Waals surface area contributed by atoms with Crippen molar-refractivity contribution < 1.29 is 5.11 Å². The van der Waals surface area contributed by atoms with Crippen molar-refractivity contribution in [3.63, 3.8) is 0 Å². The number of hydrogen-bond donors (Lipinski definition) is 2. The monoisotopic (exact) mass is 122 g/mol. The lowest BCUT2D eigenvalue weighted by atomic mass is 10.2. The van der Waals surface area contributed by atoms with Gasteiger partial charge in [0.1, 0.15) is 0 Å². The number of rotatable bonds is 1. The lowest BCUT2D eigenvalue weighted by Crippen LogP contribution is -1.87. The average Bonchev–Trinajstić information content (AvgIpc) is 1.88. The van der Waals surface area contributed by atoms with Gasteiger partial charge in [-0.25, -0.2) is 0 Å². The van der Waals surface area contributed by atoms with E-state index in [4.69, 9.17) is 10.8 Å². The summed E-state index contributed by atoms with van der Waals surface area (Å²) in [5, 5.41) is 8.59. The van der Waals surface area contributed by atoms with Gasteiger partial charge >= 0.3 is 0 Å². The fraction of sp³-hybridized carbons (Fsp3) is 0.143. The van der Waals surface area contributed by atoms with Gasteiger partial charge in [-0.15, -0.1) is 0 Å². The first kappa shape index (κ1) is 6.11. The largest absolute Gasteiger partial charge is 0.399 e. The summed E-state index contributed by atoms with van der Waals surface area (Å²) < 4.78 is 0. The number of anilines is 1. The Labute approximate surface area is 53.9 Å². The Morgan fingerprint density at radius 1 is 1.56 bits per heavy atom. The maximum absolute atomic E-state index is 8.59. The highest BCUT2D eigenvalue weighted by Gasteiger charge is 1.87. The molecule has 0 fully saturated rings. The minimum absolute atomic E-state index is 0.0293. The van der Waals surface area contributed by atoms with E-state index in [1.54, 1.807) is 18.2 Å². The third-order valence-electron chi connectivity index (χ3n) is 1.05. The zero-order valence-electron chi connectivity index (χ0n) is 4.96. The molecule has 0 amide bonds. The third-order valence-corrected chi connectivity index (χ3v) is 1.05. The Hall–Kier alpha value is -1.02. The van der Waals surface area contributed by atoms with Crippen molar-refractivity contribution in [2.24, 2.45) is 0 Å². The molecule has 1 rings (SSSR count). The summed E-state index contributed by atoms with van der Waals surface area (Å²) >= 11 is 0. The Kier molecular flexibility index (Phi) is 1.70. The molecule has 0 spiro atoms. The minimum Gasteiger partial charge on any atom is -0.399 e. The fourth-order valence-electron chi connectivity index (χ4n) is 0.634. The predicted molar refractivity (Wildman–Crippen MR) is 35.6 cm³/mol. The fourth-order valence-corrected chi connectivity index (χ4v) is 0.634. The van der Waals surface area contributed by atoms with Crippen LogP contribution in [-0.2, 0) is 6.61 Å². The Balaban J connectivity index is 2.94. The van der Waals surface area contributed by atoms with Crippen molar-refractivity contribution in [3.05, 3.63) is 29.8 Å². The molecule has 1 aromatic carbocycles. The summed E-state index contributed by atoms with van der Waals surface area (Å²) in [6, 6.07) is 7.88. The van der Waals surface area contributed by atoms with Crippen molar-refractivity contribution in [1.82, 2.24) is 0 Å². The van der Waals surface area contributed by atoms with Gasteiger partial charge in [0.15, 0.2) is 0 Å². The van der Waals surface area contributed by atoms with Crippen LogP contribution >= 0.6 is 0 Å². The molecular formula is C7H8NO. The van der Waals surface area contributed by atoms with Crippen LogP contribution in [0.1, 0.15) is 5.56 Å². The molecule has 0 unspecified atom stereocenters. The molecule has 3 N–H and O–H groups in total. The van der Waals surface area contributed by atoms with E-state index < -0.39 is 0 Å². The van der Waals surface area contributed by atoms with E-state index >= 15 is 0 Å². The molecule has 0 heterocycles. The lowest BCUT2D eigenvalue weighted by molar-refractivity contribution is 0.282. The van der Waals surface area contributed by atoms with Crippen LogP contribution < -0.4 is 5.73 Å². The molecule has 2 heteroatoms. The third kappa shape index (κ3) is 1.44. The minimum atomic E-state index is 0.0293. The van der Waals surface area contributed by atoms with Crippen molar-refractivity contribution in [2.45, 2.75) is 6.61 Å². The Bertz CT molecular complexity index is 198. The van der Waals surface area contributed by atoms with Gasteiger partial charge in [0.05, 0.1) is 6.61 Å². The first-order valence-corrected chi connectivity index (χ1v) is 2.69. The van der Waals surface area contributed by atoms with E-state index in [9.17, 15) is 0 Å². The van der Waals surface area contributed by atoms with Gasteiger partial charge in [-0.05, 0) is 29.8 Å². The molecule has 0 saturated heterocycles. The molecule has 0 saturated carbocycles. The van der Waals surface area contributed by atoms with Crippen molar-refractivity contribution in [1.29, 1.82) is 0 Å². The highest BCUT2D eigenvalue weighted by Crippen LogP contribution is 2.04. The number of hydrogen-bond acceptors (Lipinski definition) is 2. The summed E-state index contributed by atoms with van der Waals surface area (Å²) in [6.07, 6.45) is 0. The van der Waals surface area contributed by atoms with Crippen LogP contribution in [0.2, 0.25) is 0 Å². The molecule has 0 aliphatic rings. The summed E-state index contributed by atoms with van der Waals surface area (Å²) in [5.74, 6) is 0. The van der Waals surface area contributed by atoms with Crippen molar-refractivity contribution >= 4 is 5.69 Å². The average molecular weight is 122 g/mol. The standard InChI is InChI=1S/C7H8NO/c8-7-3-1-2-6(4-7)5-9/h2-4,9H,5,8H2. The number of benzene rings is 1. The van der Waals surface area contributed by atoms with Gasteiger partial charge in [0, 0.05) is 5.69 Å². The zero-order valence-corrected chi connectivity index (χ0v) is 4.96. The van der Waals surface area contributed by atoms with E-state index in [1.807, 2.05) is 0 Å². The Morgan fingerprint density at radius 3 is 2.78 bits per heavy atom. The molecule has 1 aromatic rings. The quantitative estimate of drug-likeness (QED) is 0.534. The Morgan fingerprint density at radius 2 is 2.33 bits per heavy atom. The van der Waals surface area contributed by atoms with E-state index in [2.05, 4.69) is 6.07 Å². The van der Waals surface area contributed by atoms with Crippen LogP contribution in [0.5, 0.6) is 0 Å². The van der Waals surface area contributed by atoms with Crippen LogP contribution in [0.3, 0.4) is 0 Å². The van der Waals surface area contributed by atoms with E-state index in [0.29, 0.717) is 5.69 Å². The smallest absolute Gasteiger partial charge is 0.0682 e. The van der Waals surface area contributed by atoms with E-state index in [-0.39, 0.29) is 6.61 Å². The van der Waals surface area contributed by atoms with Gasteiger partial charge < -0.3 is 10.8 Å². The second-order valence-corrected chi connectivity index (χ2v) is 1.83. The molecule has 47 valence electrons. The van der Waals surface area contributed by atoms with Gasteiger partial charge in [-0.1, -0.05) is 0 Å². The summed E-state index contributed by atoms with van der Waals surface area (Å²) in [7, 11) is 0. The summed E-state index contributed by atoms with van der Waals surface area (Å²) in [6.45, 7) is 0.0293. The molecule has 0 aromatic heterocycles. The lowest BCUT2D eigenvalue weighted by Gasteiger charge is -1.94. The molecule has 0 aliphatic carbocycles. The van der Waals surface area contributed by atoms with Crippen molar-refractivity contribution in [2.75, 3.05) is 5.73 Å². The van der Waals surface area contributed by atoms with Crippen LogP contribution in [0.25, 0.3) is 0 Å². The zero-order chi connectivity index (χ0) is 6.69. The molecule has 1 radical (unpaired) electrons. The number of nitrogens with two attached hydrogens (primary N) is 1. The number of nitrogen functional groups attached to an aromatic ring is 1. The SMILES string of the molecule is Nc1c[c]cc(CO)c1. The first-order valence-electron chi connectivity index (χ1n) is 2.69. The molecular weight excluding hydrogens is 114 g/mol. The molecule has 0 aliphatic heterocycles. The second kappa shape index (κ2) is 2.51. The van der Waals surface area contributed by atoms with E-state index in [1.165, 1.54) is 0 Å². The molecule has 9 heavy (non-hydrogen) atoms. The maximum Gasteiger partial charge on any atom is 0.0682 e. The number of aliphatic hydroxyl groups is 1. The van der Waals surface area contributed by atoms with Crippen LogP contribution in [0, 0.1) is 6.07 Å².